The fourth-order valence-electron chi connectivity index (χ4n) is 2.75. The summed E-state index contributed by atoms with van der Waals surface area (Å²) in [5.41, 5.74) is 0.586. The smallest absolute Gasteiger partial charge is 0.264 e. The van der Waals surface area contributed by atoms with Crippen LogP contribution >= 0.6 is 22.9 Å². The van der Waals surface area contributed by atoms with Crippen molar-refractivity contribution in [1.82, 2.24) is 4.90 Å². The lowest BCUT2D eigenvalue weighted by Gasteiger charge is -2.17. The van der Waals surface area contributed by atoms with Crippen molar-refractivity contribution in [2.24, 2.45) is 0 Å². The monoisotopic (exact) mass is 407 g/mol. The van der Waals surface area contributed by atoms with Crippen molar-refractivity contribution in [1.29, 1.82) is 0 Å². The van der Waals surface area contributed by atoms with E-state index in [0.29, 0.717) is 39.8 Å². The van der Waals surface area contributed by atoms with Crippen LogP contribution in [0.5, 0.6) is 5.75 Å². The molecule has 0 aliphatic heterocycles. The lowest BCUT2D eigenvalue weighted by molar-refractivity contribution is 0.0774. The highest BCUT2D eigenvalue weighted by Crippen LogP contribution is 2.34. The van der Waals surface area contributed by atoms with Crippen molar-refractivity contribution in [2.75, 3.05) is 27.3 Å². The van der Waals surface area contributed by atoms with Crippen LogP contribution in [-0.2, 0) is 11.3 Å². The molecule has 0 unspecified atom stereocenters. The van der Waals surface area contributed by atoms with Crippen LogP contribution in [0.15, 0.2) is 42.5 Å². The fraction of sp³-hybridized carbons (Fsp3) is 0.250. The summed E-state index contributed by atoms with van der Waals surface area (Å²) in [6.45, 7) is 0.880. The molecule has 0 saturated heterocycles. The summed E-state index contributed by atoms with van der Waals surface area (Å²) in [6, 6.07) is 11.9. The first-order valence-corrected chi connectivity index (χ1v) is 9.53. The predicted molar refractivity (Wildman–Crippen MR) is 106 cm³/mol. The van der Waals surface area contributed by atoms with E-state index in [0.717, 1.165) is 4.70 Å². The average molecular weight is 408 g/mol. The molecule has 0 N–H and O–H groups in total. The summed E-state index contributed by atoms with van der Waals surface area (Å²) >= 11 is 7.21. The Balaban J connectivity index is 1.74. The number of hydrogen-bond acceptors (Lipinski definition) is 4. The van der Waals surface area contributed by atoms with Gasteiger partial charge in [0.25, 0.3) is 5.91 Å². The van der Waals surface area contributed by atoms with Crippen molar-refractivity contribution in [3.05, 3.63) is 63.7 Å². The minimum absolute atomic E-state index is 0.175. The third kappa shape index (κ3) is 4.40. The molecule has 3 rings (SSSR count). The van der Waals surface area contributed by atoms with Gasteiger partial charge in [-0.15, -0.1) is 11.3 Å². The number of carbonyl (C=O) groups is 1. The second kappa shape index (κ2) is 8.69. The molecule has 1 heterocycles. The summed E-state index contributed by atoms with van der Waals surface area (Å²) in [4.78, 5) is 14.9. The molecule has 0 spiro atoms. The quantitative estimate of drug-likeness (QED) is 0.553. The van der Waals surface area contributed by atoms with Gasteiger partial charge in [0.15, 0.2) is 0 Å². The third-order valence-corrected chi connectivity index (χ3v) is 5.50. The minimum Gasteiger partial charge on any atom is -0.492 e. The molecule has 1 aromatic heterocycles. The minimum atomic E-state index is -0.346. The lowest BCUT2D eigenvalue weighted by atomic mass is 10.1. The summed E-state index contributed by atoms with van der Waals surface area (Å²) in [6.07, 6.45) is 0. The lowest BCUT2D eigenvalue weighted by Crippen LogP contribution is -2.31. The van der Waals surface area contributed by atoms with Gasteiger partial charge in [-0.3, -0.25) is 4.79 Å². The van der Waals surface area contributed by atoms with E-state index in [1.165, 1.54) is 24.5 Å². The maximum absolute atomic E-state index is 14.3. The first-order valence-electron chi connectivity index (χ1n) is 8.34. The molecular formula is C20H19ClFNO3S. The highest BCUT2D eigenvalue weighted by Gasteiger charge is 2.23. The van der Waals surface area contributed by atoms with E-state index in [-0.39, 0.29) is 18.3 Å². The maximum Gasteiger partial charge on any atom is 0.264 e. The number of thiophene rings is 1. The molecule has 0 fully saturated rings. The van der Waals surface area contributed by atoms with Crippen LogP contribution in [0.1, 0.15) is 15.2 Å². The number of carbonyl (C=O) groups excluding carboxylic acids is 1. The Morgan fingerprint density at radius 2 is 2.04 bits per heavy atom. The van der Waals surface area contributed by atoms with E-state index >= 15 is 0 Å². The van der Waals surface area contributed by atoms with Gasteiger partial charge in [-0.05, 0) is 30.3 Å². The molecule has 27 heavy (non-hydrogen) atoms. The third-order valence-electron chi connectivity index (χ3n) is 4.08. The van der Waals surface area contributed by atoms with E-state index in [9.17, 15) is 9.18 Å². The summed E-state index contributed by atoms with van der Waals surface area (Å²) in [5.74, 6) is 0.117. The number of benzene rings is 2. The molecule has 0 saturated carbocycles. The van der Waals surface area contributed by atoms with Crippen LogP contribution in [0.3, 0.4) is 0 Å². The van der Waals surface area contributed by atoms with Crippen LogP contribution in [0.25, 0.3) is 10.1 Å². The molecule has 0 radical (unpaired) electrons. The number of rotatable bonds is 7. The topological polar surface area (TPSA) is 38.8 Å². The van der Waals surface area contributed by atoms with E-state index in [2.05, 4.69) is 0 Å². The highest BCUT2D eigenvalue weighted by atomic mass is 35.5. The number of halogens is 2. The molecule has 142 valence electrons. The number of likely N-dealkylation sites (N-methyl/N-ethyl adjacent to an activating group) is 1. The van der Waals surface area contributed by atoms with Crippen molar-refractivity contribution in [2.45, 2.75) is 6.61 Å². The van der Waals surface area contributed by atoms with Gasteiger partial charge in [-0.25, -0.2) is 4.39 Å². The van der Waals surface area contributed by atoms with Crippen LogP contribution < -0.4 is 4.74 Å². The molecule has 0 bridgehead atoms. The van der Waals surface area contributed by atoms with Crippen LogP contribution in [-0.4, -0.2) is 38.1 Å². The molecule has 0 atom stereocenters. The van der Waals surface area contributed by atoms with Gasteiger partial charge in [0.05, 0.1) is 18.0 Å². The molecule has 4 nitrogen and oxygen atoms in total. The van der Waals surface area contributed by atoms with Crippen molar-refractivity contribution in [3.8, 4) is 5.75 Å². The van der Waals surface area contributed by atoms with Crippen LogP contribution in [0, 0.1) is 5.82 Å². The van der Waals surface area contributed by atoms with Gasteiger partial charge in [0.2, 0.25) is 0 Å². The zero-order valence-electron chi connectivity index (χ0n) is 15.0. The second-order valence-electron chi connectivity index (χ2n) is 5.99. The van der Waals surface area contributed by atoms with Crippen molar-refractivity contribution in [3.63, 3.8) is 0 Å². The second-order valence-corrected chi connectivity index (χ2v) is 7.48. The van der Waals surface area contributed by atoms with Crippen molar-refractivity contribution < 1.29 is 18.7 Å². The molecule has 0 aliphatic rings. The number of methoxy groups -OCH3 is 1. The summed E-state index contributed by atoms with van der Waals surface area (Å²) in [5, 5.41) is 1.05. The van der Waals surface area contributed by atoms with Gasteiger partial charge in [0.1, 0.15) is 18.2 Å². The zero-order valence-corrected chi connectivity index (χ0v) is 16.6. The van der Waals surface area contributed by atoms with Gasteiger partial charge in [-0.1, -0.05) is 23.7 Å². The van der Waals surface area contributed by atoms with Crippen LogP contribution in [0.4, 0.5) is 4.39 Å². The predicted octanol–water partition coefficient (Wildman–Crippen LogP) is 4.99. The van der Waals surface area contributed by atoms with Gasteiger partial charge in [0, 0.05) is 34.8 Å². The summed E-state index contributed by atoms with van der Waals surface area (Å²) < 4.78 is 25.8. The van der Waals surface area contributed by atoms with Crippen LogP contribution in [0.2, 0.25) is 5.02 Å². The van der Waals surface area contributed by atoms with Gasteiger partial charge < -0.3 is 14.4 Å². The number of amides is 1. The number of ether oxygens (including phenoxy) is 2. The normalized spacial score (nSPS) is 11.0. The van der Waals surface area contributed by atoms with E-state index in [4.69, 9.17) is 21.1 Å². The first-order chi connectivity index (χ1) is 13.0. The largest absolute Gasteiger partial charge is 0.492 e. The van der Waals surface area contributed by atoms with E-state index < -0.39 is 0 Å². The maximum atomic E-state index is 14.3. The average Bonchev–Trinajstić information content (AvgIpc) is 3.01. The fourth-order valence-corrected chi connectivity index (χ4v) is 4.15. The molecule has 7 heteroatoms. The Hall–Kier alpha value is -2.15. The number of fused-ring (bicyclic) bond motifs is 1. The Bertz CT molecular complexity index is 960. The molecule has 1 amide bonds. The number of hydrogen-bond donors (Lipinski definition) is 0. The Morgan fingerprint density at radius 1 is 1.26 bits per heavy atom. The van der Waals surface area contributed by atoms with Gasteiger partial charge in [-0.2, -0.15) is 0 Å². The SMILES string of the molecule is COCc1c(C(=O)N(C)CCOc2cccc(Cl)c2)sc2cccc(F)c12. The zero-order chi connectivity index (χ0) is 19.4. The Kier molecular flexibility index (Phi) is 6.31. The molecule has 0 aliphatic carbocycles. The van der Waals surface area contributed by atoms with Crippen molar-refractivity contribution >= 4 is 38.9 Å². The van der Waals surface area contributed by atoms with E-state index in [1.807, 2.05) is 0 Å². The summed E-state index contributed by atoms with van der Waals surface area (Å²) in [7, 11) is 3.22. The number of nitrogens with zero attached hydrogens (tertiary/aromatic N) is 1. The standard InChI is InChI=1S/C20H19ClFNO3S/c1-23(9-10-26-14-6-3-5-13(21)11-14)20(24)19-15(12-25-2)18-16(22)7-4-8-17(18)27-19/h3-8,11H,9-10,12H2,1-2H3. The Labute approximate surface area is 166 Å². The molecular weight excluding hydrogens is 389 g/mol. The first kappa shape index (κ1) is 19.6. The van der Waals surface area contributed by atoms with Gasteiger partial charge >= 0.3 is 0 Å². The Morgan fingerprint density at radius 3 is 2.78 bits per heavy atom. The molecule has 2 aromatic carbocycles. The molecule has 3 aromatic rings. The highest BCUT2D eigenvalue weighted by molar-refractivity contribution is 7.21. The van der Waals surface area contributed by atoms with E-state index in [1.54, 1.807) is 48.3 Å².